The van der Waals surface area contributed by atoms with Crippen LogP contribution in [0.1, 0.15) is 31.0 Å². The van der Waals surface area contributed by atoms with Gasteiger partial charge in [-0.15, -0.1) is 0 Å². The van der Waals surface area contributed by atoms with Gasteiger partial charge >= 0.3 is 5.97 Å². The van der Waals surface area contributed by atoms with E-state index in [9.17, 15) is 9.59 Å². The predicted molar refractivity (Wildman–Crippen MR) is 136 cm³/mol. The van der Waals surface area contributed by atoms with Crippen molar-refractivity contribution in [3.8, 4) is 0 Å². The Kier molecular flexibility index (Phi) is 5.76. The standard InChI is InChI=1S/C28H28N4O3/c1-19(2)28(27(34)35-3)24(29-21-14-8-5-9-15-21)23-25(32(28)18-20-12-6-4-7-13-20)30-22-16-10-11-17-31(22)26(23)33/h4-17,19,24,29H,18H2,1-3H3/t24-,28+/m0/s1. The molecule has 2 aromatic carbocycles. The fraction of sp³-hybridized carbons (Fsp3) is 0.250. The van der Waals surface area contributed by atoms with Gasteiger partial charge in [-0.3, -0.25) is 9.20 Å². The molecule has 178 valence electrons. The number of anilines is 2. The van der Waals surface area contributed by atoms with Crippen LogP contribution < -0.4 is 15.8 Å². The molecule has 0 unspecified atom stereocenters. The zero-order chi connectivity index (χ0) is 24.6. The molecular weight excluding hydrogens is 440 g/mol. The van der Waals surface area contributed by atoms with Gasteiger partial charge < -0.3 is 15.0 Å². The highest BCUT2D eigenvalue weighted by Gasteiger charge is 2.61. The summed E-state index contributed by atoms with van der Waals surface area (Å²) < 4.78 is 6.98. The average molecular weight is 469 g/mol. The van der Waals surface area contributed by atoms with Gasteiger partial charge in [-0.05, 0) is 35.7 Å². The van der Waals surface area contributed by atoms with Crippen molar-refractivity contribution in [2.45, 2.75) is 32.0 Å². The van der Waals surface area contributed by atoms with E-state index in [4.69, 9.17) is 9.72 Å². The number of pyridine rings is 1. The molecule has 0 radical (unpaired) electrons. The maximum Gasteiger partial charge on any atom is 0.334 e. The van der Waals surface area contributed by atoms with Crippen LogP contribution in [0.5, 0.6) is 0 Å². The molecule has 35 heavy (non-hydrogen) atoms. The first-order valence-electron chi connectivity index (χ1n) is 11.7. The molecule has 1 N–H and O–H groups in total. The first kappa shape index (κ1) is 22.7. The maximum atomic E-state index is 13.9. The summed E-state index contributed by atoms with van der Waals surface area (Å²) in [5.74, 6) is -0.137. The van der Waals surface area contributed by atoms with Crippen molar-refractivity contribution < 1.29 is 9.53 Å². The quantitative estimate of drug-likeness (QED) is 0.422. The Morgan fingerprint density at radius 2 is 1.69 bits per heavy atom. The number of esters is 1. The van der Waals surface area contributed by atoms with E-state index in [1.54, 1.807) is 18.3 Å². The number of para-hydroxylation sites is 1. The van der Waals surface area contributed by atoms with E-state index in [2.05, 4.69) is 5.32 Å². The van der Waals surface area contributed by atoms with Crippen molar-refractivity contribution in [1.82, 2.24) is 9.38 Å². The number of carbonyl (C=O) groups is 1. The fourth-order valence-electron chi connectivity index (χ4n) is 5.23. The molecule has 0 amide bonds. The number of hydrogen-bond acceptors (Lipinski definition) is 6. The van der Waals surface area contributed by atoms with Gasteiger partial charge in [-0.1, -0.05) is 68.4 Å². The zero-order valence-corrected chi connectivity index (χ0v) is 20.0. The Hall–Kier alpha value is -4.13. The van der Waals surface area contributed by atoms with E-state index in [1.165, 1.54) is 11.5 Å². The lowest BCUT2D eigenvalue weighted by Crippen LogP contribution is -2.61. The van der Waals surface area contributed by atoms with Crippen LogP contribution in [0.4, 0.5) is 11.5 Å². The monoisotopic (exact) mass is 468 g/mol. The molecule has 2 aromatic heterocycles. The minimum Gasteiger partial charge on any atom is -0.467 e. The maximum absolute atomic E-state index is 13.9. The van der Waals surface area contributed by atoms with Crippen molar-refractivity contribution in [1.29, 1.82) is 0 Å². The van der Waals surface area contributed by atoms with E-state index < -0.39 is 17.6 Å². The molecule has 4 aromatic rings. The molecule has 0 spiro atoms. The van der Waals surface area contributed by atoms with Crippen LogP contribution in [0.25, 0.3) is 5.65 Å². The van der Waals surface area contributed by atoms with Crippen LogP contribution in [0, 0.1) is 5.92 Å². The largest absolute Gasteiger partial charge is 0.467 e. The Morgan fingerprint density at radius 1 is 1.03 bits per heavy atom. The third-order valence-electron chi connectivity index (χ3n) is 6.84. The van der Waals surface area contributed by atoms with E-state index in [0.717, 1.165) is 11.3 Å². The van der Waals surface area contributed by atoms with Crippen molar-refractivity contribution >= 4 is 23.1 Å². The highest BCUT2D eigenvalue weighted by Crippen LogP contribution is 2.50. The first-order chi connectivity index (χ1) is 17.0. The summed E-state index contributed by atoms with van der Waals surface area (Å²) >= 11 is 0. The smallest absolute Gasteiger partial charge is 0.334 e. The second kappa shape index (κ2) is 8.91. The number of ether oxygens (including phenoxy) is 1. The van der Waals surface area contributed by atoms with Gasteiger partial charge in [0, 0.05) is 18.4 Å². The summed E-state index contributed by atoms with van der Waals surface area (Å²) in [4.78, 5) is 34.6. The number of methoxy groups -OCH3 is 1. The van der Waals surface area contributed by atoms with Crippen molar-refractivity contribution in [2.75, 3.05) is 17.3 Å². The predicted octanol–water partition coefficient (Wildman–Crippen LogP) is 4.44. The Bertz CT molecular complexity index is 1420. The summed E-state index contributed by atoms with van der Waals surface area (Å²) in [5, 5.41) is 3.51. The lowest BCUT2D eigenvalue weighted by molar-refractivity contribution is -0.149. The van der Waals surface area contributed by atoms with Crippen molar-refractivity contribution in [2.24, 2.45) is 5.92 Å². The lowest BCUT2D eigenvalue weighted by atomic mass is 9.78. The van der Waals surface area contributed by atoms with E-state index >= 15 is 0 Å². The molecule has 0 aliphatic carbocycles. The molecule has 7 nitrogen and oxygen atoms in total. The molecule has 3 heterocycles. The molecule has 1 aliphatic heterocycles. The number of fused-ring (bicyclic) bond motifs is 2. The third kappa shape index (κ3) is 3.55. The van der Waals surface area contributed by atoms with Gasteiger partial charge in [0.2, 0.25) is 0 Å². The molecule has 7 heteroatoms. The van der Waals surface area contributed by atoms with Gasteiger partial charge in [0.25, 0.3) is 5.56 Å². The molecule has 0 saturated carbocycles. The highest BCUT2D eigenvalue weighted by atomic mass is 16.5. The number of aromatic nitrogens is 2. The summed E-state index contributed by atoms with van der Waals surface area (Å²) in [6.07, 6.45) is 1.71. The third-order valence-corrected chi connectivity index (χ3v) is 6.84. The highest BCUT2D eigenvalue weighted by molar-refractivity contribution is 5.91. The Morgan fingerprint density at radius 3 is 2.34 bits per heavy atom. The van der Waals surface area contributed by atoms with Crippen LogP contribution in [0.2, 0.25) is 0 Å². The van der Waals surface area contributed by atoms with Crippen LogP contribution in [-0.2, 0) is 16.1 Å². The number of hydrogen-bond donors (Lipinski definition) is 1. The van der Waals surface area contributed by atoms with Crippen LogP contribution in [-0.4, -0.2) is 28.0 Å². The molecule has 0 bridgehead atoms. The van der Waals surface area contributed by atoms with E-state index in [1.807, 2.05) is 85.5 Å². The fourth-order valence-corrected chi connectivity index (χ4v) is 5.23. The number of benzene rings is 2. The molecule has 5 rings (SSSR count). The first-order valence-corrected chi connectivity index (χ1v) is 11.7. The topological polar surface area (TPSA) is 75.9 Å². The van der Waals surface area contributed by atoms with Crippen LogP contribution in [0.15, 0.2) is 89.9 Å². The SMILES string of the molecule is COC(=O)[C@@]1(C(C)C)[C@@H](Nc2ccccc2)c2c(nc3ccccn3c2=O)N1Cc1ccccc1. The molecule has 0 saturated heterocycles. The van der Waals surface area contributed by atoms with E-state index in [-0.39, 0.29) is 11.5 Å². The zero-order valence-electron chi connectivity index (χ0n) is 20.0. The second-order valence-electron chi connectivity index (χ2n) is 9.07. The molecular formula is C28H28N4O3. The van der Waals surface area contributed by atoms with Gasteiger partial charge in [0.15, 0.2) is 5.54 Å². The number of nitrogens with one attached hydrogen (secondary N) is 1. The van der Waals surface area contributed by atoms with Gasteiger partial charge in [0.05, 0.1) is 18.7 Å². The Labute approximate surface area is 204 Å². The van der Waals surface area contributed by atoms with Crippen LogP contribution >= 0.6 is 0 Å². The minimum absolute atomic E-state index is 0.205. The second-order valence-corrected chi connectivity index (χ2v) is 9.07. The normalized spacial score (nSPS) is 19.1. The number of rotatable bonds is 6. The van der Waals surface area contributed by atoms with Gasteiger partial charge in [-0.2, -0.15) is 0 Å². The molecule has 0 fully saturated rings. The van der Waals surface area contributed by atoms with Gasteiger partial charge in [-0.25, -0.2) is 9.78 Å². The summed E-state index contributed by atoms with van der Waals surface area (Å²) in [6.45, 7) is 4.36. The minimum atomic E-state index is -1.22. The summed E-state index contributed by atoms with van der Waals surface area (Å²) in [6, 6.07) is 24.3. The number of carbonyl (C=O) groups excluding carboxylic acids is 1. The summed E-state index contributed by atoms with van der Waals surface area (Å²) in [5.41, 5.74) is 1.36. The lowest BCUT2D eigenvalue weighted by Gasteiger charge is -2.44. The molecule has 1 aliphatic rings. The average Bonchev–Trinajstić information content (AvgIpc) is 3.15. The number of nitrogens with zero attached hydrogens (tertiary/aromatic N) is 3. The van der Waals surface area contributed by atoms with Crippen molar-refractivity contribution in [3.05, 3.63) is 107 Å². The van der Waals surface area contributed by atoms with Gasteiger partial charge in [0.1, 0.15) is 11.5 Å². The van der Waals surface area contributed by atoms with Crippen LogP contribution in [0.3, 0.4) is 0 Å². The summed E-state index contributed by atoms with van der Waals surface area (Å²) in [7, 11) is 1.40. The van der Waals surface area contributed by atoms with Crippen molar-refractivity contribution in [3.63, 3.8) is 0 Å². The van der Waals surface area contributed by atoms with E-state index in [0.29, 0.717) is 23.6 Å². The molecule has 2 atom stereocenters. The Balaban J connectivity index is 1.83.